The third-order valence-electron chi connectivity index (χ3n) is 2.68. The lowest BCUT2D eigenvalue weighted by molar-refractivity contribution is -0.115. The van der Waals surface area contributed by atoms with Gasteiger partial charge in [-0.05, 0) is 58.0 Å². The van der Waals surface area contributed by atoms with Crippen LogP contribution in [0.3, 0.4) is 0 Å². The maximum Gasteiger partial charge on any atom is 0.250 e. The Balaban J connectivity index is 1.93. The molecule has 0 saturated heterocycles. The first-order valence-corrected chi connectivity index (χ1v) is 7.93. The summed E-state index contributed by atoms with van der Waals surface area (Å²) in [5, 5.41) is 6.33. The van der Waals surface area contributed by atoms with E-state index in [-0.39, 0.29) is 11.0 Å². The molecule has 3 nitrogen and oxygen atoms in total. The molecule has 2 aromatic rings. The quantitative estimate of drug-likeness (QED) is 0.588. The lowest BCUT2D eigenvalue weighted by Gasteiger charge is -2.09. The number of hydrogen-bond donors (Lipinski definition) is 2. The van der Waals surface area contributed by atoms with Gasteiger partial charge in [0.1, 0.15) is 0 Å². The van der Waals surface area contributed by atoms with Gasteiger partial charge in [0.25, 0.3) is 0 Å². The topological polar surface area (TPSA) is 41.1 Å². The Hall–Kier alpha value is -1.69. The minimum atomic E-state index is -0.329. The van der Waals surface area contributed by atoms with Crippen LogP contribution in [-0.4, -0.2) is 11.0 Å². The van der Waals surface area contributed by atoms with Crippen molar-refractivity contribution in [2.75, 3.05) is 5.32 Å². The van der Waals surface area contributed by atoms with E-state index in [1.54, 1.807) is 12.1 Å². The number of anilines is 1. The molecule has 6 heteroatoms. The van der Waals surface area contributed by atoms with Crippen LogP contribution in [0.25, 0.3) is 6.08 Å². The summed E-state index contributed by atoms with van der Waals surface area (Å²) in [6, 6.07) is 14.8. The molecule has 0 bridgehead atoms. The molecule has 22 heavy (non-hydrogen) atoms. The van der Waals surface area contributed by atoms with Crippen LogP contribution in [0.2, 0.25) is 5.02 Å². The fourth-order valence-electron chi connectivity index (χ4n) is 1.65. The molecule has 112 valence electrons. The van der Waals surface area contributed by atoms with Gasteiger partial charge in [-0.3, -0.25) is 10.1 Å². The Morgan fingerprint density at radius 3 is 2.55 bits per heavy atom. The van der Waals surface area contributed by atoms with Crippen LogP contribution < -0.4 is 10.6 Å². The summed E-state index contributed by atoms with van der Waals surface area (Å²) in [6.07, 6.45) is 3.02. The summed E-state index contributed by atoms with van der Waals surface area (Å²) in [4.78, 5) is 11.8. The molecule has 0 atom stereocenters. The minimum absolute atomic E-state index is 0.223. The van der Waals surface area contributed by atoms with Crippen molar-refractivity contribution < 1.29 is 4.79 Å². The average molecular weight is 396 g/mol. The van der Waals surface area contributed by atoms with Crippen molar-refractivity contribution in [3.8, 4) is 0 Å². The van der Waals surface area contributed by atoms with E-state index in [1.165, 1.54) is 6.08 Å². The number of halogens is 2. The molecule has 0 aromatic heterocycles. The van der Waals surface area contributed by atoms with E-state index in [2.05, 4.69) is 26.6 Å². The molecule has 0 saturated carbocycles. The van der Waals surface area contributed by atoms with Crippen molar-refractivity contribution in [2.24, 2.45) is 0 Å². The molecule has 2 rings (SSSR count). The maximum absolute atomic E-state index is 11.8. The van der Waals surface area contributed by atoms with Gasteiger partial charge < -0.3 is 5.32 Å². The molecule has 0 aliphatic rings. The van der Waals surface area contributed by atoms with Gasteiger partial charge in [-0.2, -0.15) is 0 Å². The van der Waals surface area contributed by atoms with Gasteiger partial charge in [-0.15, -0.1) is 0 Å². The van der Waals surface area contributed by atoms with E-state index in [1.807, 2.05) is 42.5 Å². The highest BCUT2D eigenvalue weighted by Gasteiger charge is 2.04. The lowest BCUT2D eigenvalue weighted by atomic mass is 10.2. The van der Waals surface area contributed by atoms with Crippen LogP contribution in [0.15, 0.2) is 59.1 Å². The highest BCUT2D eigenvalue weighted by molar-refractivity contribution is 9.10. The van der Waals surface area contributed by atoms with Crippen LogP contribution >= 0.6 is 39.7 Å². The summed E-state index contributed by atoms with van der Waals surface area (Å²) in [5.41, 5.74) is 1.55. The van der Waals surface area contributed by atoms with Crippen LogP contribution in [0, 0.1) is 0 Å². The third kappa shape index (κ3) is 4.94. The molecule has 0 aliphatic carbocycles. The molecule has 0 spiro atoms. The Morgan fingerprint density at radius 1 is 1.14 bits per heavy atom. The molecule has 0 unspecified atom stereocenters. The van der Waals surface area contributed by atoms with Gasteiger partial charge in [-0.1, -0.05) is 41.9 Å². The van der Waals surface area contributed by atoms with Crippen LogP contribution in [-0.2, 0) is 4.79 Å². The van der Waals surface area contributed by atoms with Gasteiger partial charge in [0.05, 0.1) is 5.69 Å². The van der Waals surface area contributed by atoms with Crippen molar-refractivity contribution >= 4 is 62.5 Å². The number of carbonyl (C=O) groups excluding carboxylic acids is 1. The summed E-state index contributed by atoms with van der Waals surface area (Å²) in [6.45, 7) is 0. The molecule has 0 fully saturated rings. The minimum Gasteiger partial charge on any atom is -0.331 e. The zero-order valence-electron chi connectivity index (χ0n) is 11.3. The van der Waals surface area contributed by atoms with E-state index in [0.29, 0.717) is 5.02 Å². The van der Waals surface area contributed by atoms with E-state index >= 15 is 0 Å². The zero-order chi connectivity index (χ0) is 15.9. The van der Waals surface area contributed by atoms with E-state index in [0.717, 1.165) is 15.7 Å². The second-order valence-electron chi connectivity index (χ2n) is 4.28. The highest BCUT2D eigenvalue weighted by atomic mass is 79.9. The standard InChI is InChI=1S/C16H12BrClN2OS/c17-12-6-2-4-8-14(12)19-16(22)20-15(21)10-9-11-5-1-3-7-13(11)18/h1-10H,(H2,19,20,21,22). The molecule has 1 amide bonds. The number of benzene rings is 2. The first-order chi connectivity index (χ1) is 10.6. The van der Waals surface area contributed by atoms with Crippen molar-refractivity contribution in [1.29, 1.82) is 0 Å². The highest BCUT2D eigenvalue weighted by Crippen LogP contribution is 2.21. The van der Waals surface area contributed by atoms with Gasteiger partial charge in [-0.25, -0.2) is 0 Å². The molecule has 0 heterocycles. The summed E-state index contributed by atoms with van der Waals surface area (Å²) >= 11 is 14.5. The van der Waals surface area contributed by atoms with Crippen LogP contribution in [0.1, 0.15) is 5.56 Å². The number of carbonyl (C=O) groups is 1. The normalized spacial score (nSPS) is 10.5. The van der Waals surface area contributed by atoms with Gasteiger partial charge in [0.15, 0.2) is 5.11 Å². The van der Waals surface area contributed by atoms with Crippen molar-refractivity contribution in [2.45, 2.75) is 0 Å². The van der Waals surface area contributed by atoms with Crippen molar-refractivity contribution in [3.05, 3.63) is 69.7 Å². The van der Waals surface area contributed by atoms with E-state index in [9.17, 15) is 4.79 Å². The first-order valence-electron chi connectivity index (χ1n) is 6.35. The number of para-hydroxylation sites is 1. The number of thiocarbonyl (C=S) groups is 1. The fraction of sp³-hybridized carbons (Fsp3) is 0. The zero-order valence-corrected chi connectivity index (χ0v) is 14.5. The second kappa shape index (κ2) is 8.08. The Kier molecular flexibility index (Phi) is 6.12. The molecule has 2 aromatic carbocycles. The third-order valence-corrected chi connectivity index (χ3v) is 3.92. The number of rotatable bonds is 3. The average Bonchev–Trinajstić information content (AvgIpc) is 2.49. The molecular weight excluding hydrogens is 384 g/mol. The number of amides is 1. The SMILES string of the molecule is O=C(C=Cc1ccccc1Cl)NC(=S)Nc1ccccc1Br. The first kappa shape index (κ1) is 16.7. The van der Waals surface area contributed by atoms with E-state index in [4.69, 9.17) is 23.8 Å². The second-order valence-corrected chi connectivity index (χ2v) is 5.95. The van der Waals surface area contributed by atoms with Crippen molar-refractivity contribution in [3.63, 3.8) is 0 Å². The monoisotopic (exact) mass is 394 g/mol. The van der Waals surface area contributed by atoms with Crippen molar-refractivity contribution in [1.82, 2.24) is 5.32 Å². The fourth-order valence-corrected chi connectivity index (χ4v) is 2.44. The van der Waals surface area contributed by atoms with Crippen LogP contribution in [0.5, 0.6) is 0 Å². The smallest absolute Gasteiger partial charge is 0.250 e. The molecule has 2 N–H and O–H groups in total. The molecule has 0 aliphatic heterocycles. The Morgan fingerprint density at radius 2 is 1.82 bits per heavy atom. The van der Waals surface area contributed by atoms with E-state index < -0.39 is 0 Å². The molecule has 0 radical (unpaired) electrons. The molecular formula is C16H12BrClN2OS. The number of nitrogens with one attached hydrogen (secondary N) is 2. The summed E-state index contributed by atoms with van der Waals surface area (Å²) in [5.74, 6) is -0.329. The summed E-state index contributed by atoms with van der Waals surface area (Å²) < 4.78 is 0.859. The van der Waals surface area contributed by atoms with Crippen LogP contribution in [0.4, 0.5) is 5.69 Å². The maximum atomic E-state index is 11.8. The lowest BCUT2D eigenvalue weighted by Crippen LogP contribution is -2.32. The largest absolute Gasteiger partial charge is 0.331 e. The summed E-state index contributed by atoms with van der Waals surface area (Å²) in [7, 11) is 0. The predicted molar refractivity (Wildman–Crippen MR) is 99.0 cm³/mol. The Labute approximate surface area is 147 Å². The van der Waals surface area contributed by atoms with Gasteiger partial charge in [0.2, 0.25) is 5.91 Å². The van der Waals surface area contributed by atoms with Gasteiger partial charge in [0, 0.05) is 15.6 Å². The predicted octanol–water partition coefficient (Wildman–Crippen LogP) is 4.63. The Bertz CT molecular complexity index is 734. The van der Waals surface area contributed by atoms with Gasteiger partial charge >= 0.3 is 0 Å². The number of hydrogen-bond acceptors (Lipinski definition) is 2.